The number of carbonyl (C=O) groups excluding carboxylic acids is 2. The Kier molecular flexibility index (Phi) is 5.74. The minimum Gasteiger partial charge on any atom is -0.550 e. The molecular weight excluding hydrogens is 316 g/mol. The lowest BCUT2D eigenvalue weighted by Crippen LogP contribution is -3.13. The third-order valence-electron chi connectivity index (χ3n) is 5.83. The molecule has 1 saturated heterocycles. The Hall–Kier alpha value is -1.88. The van der Waals surface area contributed by atoms with E-state index < -0.39 is 5.97 Å². The standard InChI is InChI=1S/C20H28N2O3/c23-18(14-20(15-19(24)25)8-4-5-9-20)22-12-10-21(11-13-22)16-17-6-2-1-3-7-17/h1-3,6-7H,4-5,8-16H2,(H,24,25). The molecule has 1 aliphatic carbocycles. The summed E-state index contributed by atoms with van der Waals surface area (Å²) >= 11 is 0. The van der Waals surface area contributed by atoms with Crippen molar-refractivity contribution in [2.45, 2.75) is 45.1 Å². The number of aliphatic carboxylic acids is 1. The largest absolute Gasteiger partial charge is 0.550 e. The molecule has 1 saturated carbocycles. The van der Waals surface area contributed by atoms with Gasteiger partial charge in [0.15, 0.2) is 0 Å². The third kappa shape index (κ3) is 4.82. The van der Waals surface area contributed by atoms with Crippen molar-refractivity contribution in [2.24, 2.45) is 5.41 Å². The molecular formula is C20H28N2O3. The number of nitrogens with zero attached hydrogens (tertiary/aromatic N) is 1. The number of hydrogen-bond donors (Lipinski definition) is 1. The zero-order chi connectivity index (χ0) is 17.7. The Labute approximate surface area is 149 Å². The number of rotatable bonds is 6. The number of amides is 1. The van der Waals surface area contributed by atoms with Gasteiger partial charge in [0.05, 0.1) is 26.2 Å². The minimum absolute atomic E-state index is 0.0258. The molecule has 3 rings (SSSR count). The van der Waals surface area contributed by atoms with Crippen LogP contribution in [0.2, 0.25) is 0 Å². The first-order chi connectivity index (χ1) is 12.1. The van der Waals surface area contributed by atoms with Gasteiger partial charge in [-0.3, -0.25) is 4.79 Å². The van der Waals surface area contributed by atoms with Crippen LogP contribution in [0.1, 0.15) is 44.1 Å². The summed E-state index contributed by atoms with van der Waals surface area (Å²) < 4.78 is 0. The maximum Gasteiger partial charge on any atom is 0.223 e. The third-order valence-corrected chi connectivity index (χ3v) is 5.83. The molecule has 0 bridgehead atoms. The number of hydrogen-bond acceptors (Lipinski definition) is 3. The second-order valence-corrected chi connectivity index (χ2v) is 7.73. The van der Waals surface area contributed by atoms with E-state index in [1.165, 1.54) is 10.5 Å². The topological polar surface area (TPSA) is 64.9 Å². The highest BCUT2D eigenvalue weighted by Crippen LogP contribution is 2.44. The van der Waals surface area contributed by atoms with Crippen molar-refractivity contribution in [1.82, 2.24) is 4.90 Å². The van der Waals surface area contributed by atoms with Crippen LogP contribution in [0, 0.1) is 5.41 Å². The van der Waals surface area contributed by atoms with Crippen molar-refractivity contribution in [1.29, 1.82) is 0 Å². The second kappa shape index (κ2) is 8.00. The summed E-state index contributed by atoms with van der Waals surface area (Å²) in [5.74, 6) is -0.895. The van der Waals surface area contributed by atoms with E-state index in [4.69, 9.17) is 0 Å². The molecule has 0 atom stereocenters. The van der Waals surface area contributed by atoms with E-state index in [2.05, 4.69) is 24.3 Å². The fourth-order valence-electron chi connectivity index (χ4n) is 4.41. The number of benzene rings is 1. The van der Waals surface area contributed by atoms with Gasteiger partial charge in [0.25, 0.3) is 0 Å². The normalized spacial score (nSPS) is 20.6. The van der Waals surface area contributed by atoms with Crippen LogP contribution in [-0.4, -0.2) is 43.0 Å². The van der Waals surface area contributed by atoms with Crippen LogP contribution in [0.4, 0.5) is 0 Å². The van der Waals surface area contributed by atoms with Crippen LogP contribution in [0.15, 0.2) is 30.3 Å². The van der Waals surface area contributed by atoms with Crippen LogP contribution in [0.5, 0.6) is 0 Å². The predicted octanol–water partition coefficient (Wildman–Crippen LogP) is 0.00420. The molecule has 0 spiro atoms. The number of carboxylic acid groups (broad SMARTS) is 1. The maximum absolute atomic E-state index is 12.7. The highest BCUT2D eigenvalue weighted by molar-refractivity contribution is 5.78. The summed E-state index contributed by atoms with van der Waals surface area (Å²) in [4.78, 5) is 27.2. The first-order valence-electron chi connectivity index (χ1n) is 9.41. The van der Waals surface area contributed by atoms with Crippen molar-refractivity contribution in [3.05, 3.63) is 35.9 Å². The quantitative estimate of drug-likeness (QED) is 0.790. The van der Waals surface area contributed by atoms with Gasteiger partial charge in [0, 0.05) is 18.0 Å². The molecule has 1 aromatic carbocycles. The fraction of sp³-hybridized carbons (Fsp3) is 0.600. The molecule has 5 heteroatoms. The number of piperazine rings is 1. The van der Waals surface area contributed by atoms with Gasteiger partial charge in [0.1, 0.15) is 6.54 Å². The molecule has 1 N–H and O–H groups in total. The first-order valence-corrected chi connectivity index (χ1v) is 9.41. The summed E-state index contributed by atoms with van der Waals surface area (Å²) in [7, 11) is 0. The monoisotopic (exact) mass is 344 g/mol. The van der Waals surface area contributed by atoms with Crippen LogP contribution in [0.3, 0.4) is 0 Å². The van der Waals surface area contributed by atoms with Gasteiger partial charge in [-0.15, -0.1) is 0 Å². The predicted molar refractivity (Wildman–Crippen MR) is 92.6 cm³/mol. The lowest BCUT2D eigenvalue weighted by atomic mass is 9.79. The highest BCUT2D eigenvalue weighted by Gasteiger charge is 2.38. The molecule has 0 unspecified atom stereocenters. The molecule has 0 radical (unpaired) electrons. The minimum atomic E-state index is -1.02. The molecule has 25 heavy (non-hydrogen) atoms. The average molecular weight is 344 g/mol. The van der Waals surface area contributed by atoms with Crippen molar-refractivity contribution in [2.75, 3.05) is 26.2 Å². The Morgan fingerprint density at radius 1 is 1.04 bits per heavy atom. The number of nitrogens with one attached hydrogen (secondary N) is 1. The van der Waals surface area contributed by atoms with E-state index in [0.29, 0.717) is 6.42 Å². The van der Waals surface area contributed by atoms with Gasteiger partial charge in [-0.2, -0.15) is 0 Å². The van der Waals surface area contributed by atoms with Crippen LogP contribution >= 0.6 is 0 Å². The summed E-state index contributed by atoms with van der Waals surface area (Å²) in [5.41, 5.74) is 0.973. The molecule has 1 amide bonds. The van der Waals surface area contributed by atoms with Crippen molar-refractivity contribution in [3.8, 4) is 0 Å². The molecule has 2 fully saturated rings. The lowest BCUT2D eigenvalue weighted by Gasteiger charge is -2.35. The van der Waals surface area contributed by atoms with Crippen molar-refractivity contribution in [3.63, 3.8) is 0 Å². The van der Waals surface area contributed by atoms with Crippen molar-refractivity contribution >= 4 is 11.9 Å². The summed E-state index contributed by atoms with van der Waals surface area (Å²) in [6, 6.07) is 10.4. The van der Waals surface area contributed by atoms with Crippen LogP contribution in [0.25, 0.3) is 0 Å². The SMILES string of the molecule is O=C([O-])CC1(CC(=O)N2CC[NH+](Cc3ccccc3)CC2)CCCC1. The number of quaternary nitrogens is 1. The van der Waals surface area contributed by atoms with E-state index in [0.717, 1.165) is 58.4 Å². The van der Waals surface area contributed by atoms with Crippen LogP contribution in [-0.2, 0) is 16.1 Å². The molecule has 1 aromatic rings. The molecule has 1 aliphatic heterocycles. The Morgan fingerprint density at radius 2 is 1.68 bits per heavy atom. The lowest BCUT2D eigenvalue weighted by molar-refractivity contribution is -0.917. The van der Waals surface area contributed by atoms with Gasteiger partial charge in [-0.05, 0) is 24.7 Å². The first kappa shape index (κ1) is 17.9. The van der Waals surface area contributed by atoms with Gasteiger partial charge < -0.3 is 19.7 Å². The van der Waals surface area contributed by atoms with Crippen LogP contribution < -0.4 is 10.0 Å². The van der Waals surface area contributed by atoms with E-state index in [1.807, 2.05) is 11.0 Å². The Bertz CT molecular complexity index is 588. The number of carboxylic acids is 1. The number of carbonyl (C=O) groups is 2. The van der Waals surface area contributed by atoms with Gasteiger partial charge in [-0.25, -0.2) is 0 Å². The van der Waals surface area contributed by atoms with Gasteiger partial charge in [-0.1, -0.05) is 43.2 Å². The van der Waals surface area contributed by atoms with E-state index >= 15 is 0 Å². The summed E-state index contributed by atoms with van der Waals surface area (Å²) in [6.07, 6.45) is 4.12. The van der Waals surface area contributed by atoms with E-state index in [-0.39, 0.29) is 17.7 Å². The van der Waals surface area contributed by atoms with E-state index in [9.17, 15) is 14.7 Å². The van der Waals surface area contributed by atoms with Gasteiger partial charge in [0.2, 0.25) is 5.91 Å². The highest BCUT2D eigenvalue weighted by atomic mass is 16.4. The molecule has 136 valence electrons. The van der Waals surface area contributed by atoms with Gasteiger partial charge >= 0.3 is 0 Å². The smallest absolute Gasteiger partial charge is 0.223 e. The molecule has 1 heterocycles. The summed E-state index contributed by atoms with van der Waals surface area (Å²) in [5, 5.41) is 11.1. The maximum atomic E-state index is 12.7. The second-order valence-electron chi connectivity index (χ2n) is 7.73. The zero-order valence-electron chi connectivity index (χ0n) is 14.8. The fourth-order valence-corrected chi connectivity index (χ4v) is 4.41. The summed E-state index contributed by atoms with van der Waals surface area (Å²) in [6.45, 7) is 4.44. The molecule has 0 aromatic heterocycles. The Balaban J connectivity index is 1.50. The Morgan fingerprint density at radius 3 is 2.28 bits per heavy atom. The van der Waals surface area contributed by atoms with E-state index in [1.54, 1.807) is 0 Å². The average Bonchev–Trinajstić information content (AvgIpc) is 3.03. The zero-order valence-corrected chi connectivity index (χ0v) is 14.8. The molecule has 2 aliphatic rings. The van der Waals surface area contributed by atoms with Crippen molar-refractivity contribution < 1.29 is 19.6 Å². The molecule has 5 nitrogen and oxygen atoms in total.